The predicted molar refractivity (Wildman–Crippen MR) is 155 cm³/mol. The molecule has 0 bridgehead atoms. The van der Waals surface area contributed by atoms with Crippen molar-refractivity contribution in [2.24, 2.45) is 5.92 Å². The van der Waals surface area contributed by atoms with Crippen LogP contribution in [-0.2, 0) is 26.0 Å². The van der Waals surface area contributed by atoms with Gasteiger partial charge >= 0.3 is 0 Å². The van der Waals surface area contributed by atoms with Crippen molar-refractivity contribution in [3.8, 4) is 0 Å². The molecule has 1 unspecified atom stereocenters. The minimum atomic E-state index is -4.29. The maximum Gasteiger partial charge on any atom is 0.264 e. The zero-order valence-electron chi connectivity index (χ0n) is 22.9. The highest BCUT2D eigenvalue weighted by atomic mass is 32.2. The molecule has 0 spiro atoms. The quantitative estimate of drug-likeness (QED) is 0.254. The number of rotatable bonds is 10. The van der Waals surface area contributed by atoms with E-state index in [1.54, 1.807) is 44.2 Å². The lowest BCUT2D eigenvalue weighted by atomic mass is 9.97. The van der Waals surface area contributed by atoms with Crippen molar-refractivity contribution in [2.75, 3.05) is 18.4 Å². The zero-order valence-corrected chi connectivity index (χ0v) is 23.8. The largest absolute Gasteiger partial charge is 0.343 e. The van der Waals surface area contributed by atoms with Crippen LogP contribution in [0.25, 0.3) is 10.8 Å². The van der Waals surface area contributed by atoms with Crippen LogP contribution in [0.3, 0.4) is 0 Å². The summed E-state index contributed by atoms with van der Waals surface area (Å²) in [6.07, 6.45) is -0.116. The van der Waals surface area contributed by atoms with Gasteiger partial charge in [-0.2, -0.15) is 0 Å². The number of fused-ring (bicyclic) bond motifs is 1. The maximum atomic E-state index is 14.0. The third-order valence-electron chi connectivity index (χ3n) is 6.78. The molecule has 0 aliphatic carbocycles. The Kier molecular flexibility index (Phi) is 9.31. The van der Waals surface area contributed by atoms with E-state index < -0.39 is 45.3 Å². The van der Waals surface area contributed by atoms with E-state index in [4.69, 9.17) is 0 Å². The molecule has 0 aliphatic rings. The predicted octanol–water partition coefficient (Wildman–Crippen LogP) is 4.90. The summed E-state index contributed by atoms with van der Waals surface area (Å²) in [5.41, 5.74) is 0.474. The normalized spacial score (nSPS) is 12.0. The van der Waals surface area contributed by atoms with Gasteiger partial charge in [0.05, 0.1) is 10.5 Å². The van der Waals surface area contributed by atoms with E-state index in [2.05, 4.69) is 10.0 Å². The van der Waals surface area contributed by atoms with Gasteiger partial charge in [0, 0.05) is 24.8 Å². The van der Waals surface area contributed by atoms with Crippen LogP contribution in [0, 0.1) is 17.6 Å². The van der Waals surface area contributed by atoms with Gasteiger partial charge < -0.3 is 10.2 Å². The lowest BCUT2D eigenvalue weighted by Crippen LogP contribution is -2.46. The smallest absolute Gasteiger partial charge is 0.264 e. The lowest BCUT2D eigenvalue weighted by molar-refractivity contribution is -0.141. The molecule has 42 heavy (non-hydrogen) atoms. The summed E-state index contributed by atoms with van der Waals surface area (Å²) in [4.78, 5) is 40.4. The molecule has 218 valence electrons. The highest BCUT2D eigenvalue weighted by molar-refractivity contribution is 7.90. The van der Waals surface area contributed by atoms with Crippen molar-refractivity contribution in [1.82, 2.24) is 9.62 Å². The van der Waals surface area contributed by atoms with Crippen LogP contribution in [-0.4, -0.2) is 44.1 Å². The van der Waals surface area contributed by atoms with E-state index >= 15 is 0 Å². The van der Waals surface area contributed by atoms with E-state index in [1.807, 2.05) is 12.1 Å². The Hall–Kier alpha value is -4.64. The molecule has 8 nitrogen and oxygen atoms in total. The number of sulfonamides is 1. The van der Waals surface area contributed by atoms with Crippen LogP contribution in [0.4, 0.5) is 14.5 Å². The van der Waals surface area contributed by atoms with Gasteiger partial charge in [-0.15, -0.1) is 0 Å². The molecule has 4 aromatic carbocycles. The van der Waals surface area contributed by atoms with Crippen molar-refractivity contribution < 1.29 is 31.6 Å². The van der Waals surface area contributed by atoms with Gasteiger partial charge in [0.25, 0.3) is 15.9 Å². The number of nitrogens with one attached hydrogen (secondary N) is 2. The van der Waals surface area contributed by atoms with Crippen LogP contribution >= 0.6 is 0 Å². The van der Waals surface area contributed by atoms with Crippen LogP contribution < -0.4 is 10.0 Å². The Morgan fingerprint density at radius 3 is 2.14 bits per heavy atom. The second-order valence-corrected chi connectivity index (χ2v) is 11.2. The standard InChI is InChI=1S/C31H29F2N3O5S/c1-3-36(4-2)31(39)27(30(38)35-42(40,41)25-15-11-21-7-5-6-8-22(21)18-25)17-20-9-13-24(14-10-20)34-29(37)26-16-12-23(32)19-28(26)33/h5-16,18-19,27H,3-4,17H2,1-2H3,(H,34,37)(H,35,38). The molecule has 3 amide bonds. The fraction of sp³-hybridized carbons (Fsp3) is 0.194. The van der Waals surface area contributed by atoms with E-state index in [9.17, 15) is 31.6 Å². The molecule has 0 heterocycles. The minimum Gasteiger partial charge on any atom is -0.343 e. The zero-order chi connectivity index (χ0) is 30.4. The van der Waals surface area contributed by atoms with Crippen molar-refractivity contribution in [3.63, 3.8) is 0 Å². The average molecular weight is 594 g/mol. The molecule has 2 N–H and O–H groups in total. The van der Waals surface area contributed by atoms with E-state index in [1.165, 1.54) is 29.2 Å². The topological polar surface area (TPSA) is 113 Å². The molecule has 0 radical (unpaired) electrons. The number of carbonyl (C=O) groups is 3. The van der Waals surface area contributed by atoms with Gasteiger partial charge in [-0.3, -0.25) is 14.4 Å². The monoisotopic (exact) mass is 593 g/mol. The van der Waals surface area contributed by atoms with Gasteiger partial charge in [-0.25, -0.2) is 21.9 Å². The van der Waals surface area contributed by atoms with E-state index in [0.29, 0.717) is 35.8 Å². The van der Waals surface area contributed by atoms with E-state index in [-0.39, 0.29) is 16.9 Å². The summed E-state index contributed by atoms with van der Waals surface area (Å²) in [6.45, 7) is 4.15. The van der Waals surface area contributed by atoms with Gasteiger partial charge in [0.15, 0.2) is 0 Å². The van der Waals surface area contributed by atoms with Gasteiger partial charge in [-0.05, 0) is 73.0 Å². The number of carbonyl (C=O) groups excluding carboxylic acids is 3. The fourth-order valence-electron chi connectivity index (χ4n) is 4.48. The fourth-order valence-corrected chi connectivity index (χ4v) is 5.53. The number of halogens is 2. The molecule has 4 aromatic rings. The third-order valence-corrected chi connectivity index (χ3v) is 8.13. The second-order valence-electron chi connectivity index (χ2n) is 9.52. The number of nitrogens with zero attached hydrogens (tertiary/aromatic N) is 1. The van der Waals surface area contributed by atoms with Gasteiger partial charge in [-0.1, -0.05) is 42.5 Å². The molecular formula is C31H29F2N3O5S. The molecule has 0 aliphatic heterocycles. The van der Waals surface area contributed by atoms with Crippen LogP contribution in [0.2, 0.25) is 0 Å². The number of anilines is 1. The Labute approximate surface area is 242 Å². The number of hydrogen-bond donors (Lipinski definition) is 2. The molecule has 0 saturated carbocycles. The summed E-state index contributed by atoms with van der Waals surface area (Å²) in [5.74, 6) is -5.45. The minimum absolute atomic E-state index is 0.110. The first-order chi connectivity index (χ1) is 20.0. The first-order valence-corrected chi connectivity index (χ1v) is 14.7. The Morgan fingerprint density at radius 1 is 0.833 bits per heavy atom. The molecule has 1 atom stereocenters. The van der Waals surface area contributed by atoms with Crippen molar-refractivity contribution in [2.45, 2.75) is 25.2 Å². The Bertz CT molecular complexity index is 1740. The molecule has 11 heteroatoms. The highest BCUT2D eigenvalue weighted by Gasteiger charge is 2.33. The van der Waals surface area contributed by atoms with Gasteiger partial charge in [0.1, 0.15) is 17.6 Å². The Morgan fingerprint density at radius 2 is 1.50 bits per heavy atom. The average Bonchev–Trinajstić information content (AvgIpc) is 2.96. The van der Waals surface area contributed by atoms with Crippen LogP contribution in [0.5, 0.6) is 0 Å². The molecular weight excluding hydrogens is 564 g/mol. The number of amides is 3. The number of benzene rings is 4. The first-order valence-electron chi connectivity index (χ1n) is 13.2. The molecule has 4 rings (SSSR count). The second kappa shape index (κ2) is 12.9. The molecule has 0 saturated heterocycles. The summed E-state index contributed by atoms with van der Waals surface area (Å²) in [7, 11) is -4.29. The third kappa shape index (κ3) is 6.98. The maximum absolute atomic E-state index is 14.0. The van der Waals surface area contributed by atoms with E-state index in [0.717, 1.165) is 17.5 Å². The molecule has 0 fully saturated rings. The number of hydrogen-bond acceptors (Lipinski definition) is 5. The molecule has 0 aromatic heterocycles. The van der Waals surface area contributed by atoms with Crippen molar-refractivity contribution >= 4 is 44.2 Å². The summed E-state index contributed by atoms with van der Waals surface area (Å²) < 4.78 is 55.5. The first kappa shape index (κ1) is 30.3. The van der Waals surface area contributed by atoms with Crippen LogP contribution in [0.1, 0.15) is 29.8 Å². The summed E-state index contributed by atoms with van der Waals surface area (Å²) in [5, 5.41) is 4.02. The Balaban J connectivity index is 1.53. The summed E-state index contributed by atoms with van der Waals surface area (Å²) in [6, 6.07) is 20.4. The highest BCUT2D eigenvalue weighted by Crippen LogP contribution is 2.21. The SMILES string of the molecule is CCN(CC)C(=O)C(Cc1ccc(NC(=O)c2ccc(F)cc2F)cc1)C(=O)NS(=O)(=O)c1ccc2ccccc2c1. The summed E-state index contributed by atoms with van der Waals surface area (Å²) >= 11 is 0. The van der Waals surface area contributed by atoms with Crippen LogP contribution in [0.15, 0.2) is 89.8 Å². The van der Waals surface area contributed by atoms with Crippen molar-refractivity contribution in [1.29, 1.82) is 0 Å². The lowest BCUT2D eigenvalue weighted by Gasteiger charge is -2.25. The van der Waals surface area contributed by atoms with Crippen molar-refractivity contribution in [3.05, 3.63) is 108 Å². The van der Waals surface area contributed by atoms with Gasteiger partial charge in [0.2, 0.25) is 11.8 Å².